The second-order valence-corrected chi connectivity index (χ2v) is 8.04. The summed E-state index contributed by atoms with van der Waals surface area (Å²) in [6.45, 7) is 1.66. The van der Waals surface area contributed by atoms with Crippen molar-refractivity contribution in [1.29, 1.82) is 0 Å². The Morgan fingerprint density at radius 1 is 1.23 bits per heavy atom. The molecule has 0 saturated carbocycles. The second kappa shape index (κ2) is 8.00. The lowest BCUT2D eigenvalue weighted by atomic mass is 9.98. The van der Waals surface area contributed by atoms with E-state index in [1.165, 1.54) is 12.1 Å². The smallest absolute Gasteiger partial charge is 0.366 e. The van der Waals surface area contributed by atoms with Crippen molar-refractivity contribution in [3.05, 3.63) is 34.3 Å². The molecule has 1 aromatic rings. The first-order valence-corrected chi connectivity index (χ1v) is 9.91. The fourth-order valence-corrected chi connectivity index (χ4v) is 4.01. The average molecular weight is 442 g/mol. The molecule has 0 spiro atoms. The zero-order valence-electron chi connectivity index (χ0n) is 15.8. The highest BCUT2D eigenvalue weighted by molar-refractivity contribution is 6.30. The van der Waals surface area contributed by atoms with Crippen LogP contribution in [0.4, 0.5) is 18.0 Å². The van der Waals surface area contributed by atoms with Crippen LogP contribution in [0.2, 0.25) is 5.02 Å². The molecule has 3 aliphatic heterocycles. The first kappa shape index (κ1) is 20.8. The van der Waals surface area contributed by atoms with Crippen molar-refractivity contribution < 1.29 is 27.5 Å². The molecule has 3 amide bonds. The fourth-order valence-electron chi connectivity index (χ4n) is 3.84. The van der Waals surface area contributed by atoms with Gasteiger partial charge in [0.1, 0.15) is 6.61 Å². The molecule has 10 heteroatoms. The van der Waals surface area contributed by atoms with E-state index in [4.69, 9.17) is 16.3 Å². The summed E-state index contributed by atoms with van der Waals surface area (Å²) < 4.78 is 44.9. The summed E-state index contributed by atoms with van der Waals surface area (Å²) in [5, 5.41) is 2.84. The molecule has 6 nitrogen and oxygen atoms in total. The van der Waals surface area contributed by atoms with E-state index in [9.17, 15) is 22.8 Å². The van der Waals surface area contributed by atoms with Crippen molar-refractivity contribution >= 4 is 23.5 Å². The lowest BCUT2D eigenvalue weighted by Crippen LogP contribution is -2.64. The number of alkyl halides is 3. The Morgan fingerprint density at radius 2 is 2.00 bits per heavy atom. The molecule has 0 radical (unpaired) electrons. The number of hydrogen-bond acceptors (Lipinski definition) is 3. The molecule has 160 valence electrons. The molecule has 3 fully saturated rings. The van der Waals surface area contributed by atoms with Gasteiger partial charge in [0, 0.05) is 36.8 Å². The lowest BCUT2D eigenvalue weighted by molar-refractivity contribution is -0.140. The molecular weight excluding hydrogens is 423 g/mol. The highest BCUT2D eigenvalue weighted by Crippen LogP contribution is 2.33. The maximum absolute atomic E-state index is 13.1. The minimum Gasteiger partial charge on any atom is -0.366 e. The van der Waals surface area contributed by atoms with Crippen LogP contribution in [0.1, 0.15) is 17.5 Å². The number of amides is 3. The Hall–Kier alpha value is -2.44. The van der Waals surface area contributed by atoms with Crippen LogP contribution in [-0.2, 0) is 15.7 Å². The molecular formula is C20H19ClF3N3O3. The van der Waals surface area contributed by atoms with Gasteiger partial charge in [-0.3, -0.25) is 4.79 Å². The van der Waals surface area contributed by atoms with E-state index < -0.39 is 11.7 Å². The number of rotatable bonds is 0. The van der Waals surface area contributed by atoms with Gasteiger partial charge in [0.25, 0.3) is 0 Å². The molecule has 3 heterocycles. The third-order valence-corrected chi connectivity index (χ3v) is 5.68. The largest absolute Gasteiger partial charge is 0.417 e. The van der Waals surface area contributed by atoms with Gasteiger partial charge >= 0.3 is 12.2 Å². The van der Waals surface area contributed by atoms with Gasteiger partial charge in [-0.05, 0) is 24.6 Å². The average Bonchev–Trinajstić information content (AvgIpc) is 2.66. The fraction of sp³-hybridized carbons (Fsp3) is 0.500. The number of nitrogens with zero attached hydrogens (tertiary/aromatic N) is 2. The van der Waals surface area contributed by atoms with Crippen molar-refractivity contribution in [3.63, 3.8) is 0 Å². The molecule has 0 aromatic heterocycles. The Bertz CT molecular complexity index is 921. The molecule has 30 heavy (non-hydrogen) atoms. The summed E-state index contributed by atoms with van der Waals surface area (Å²) in [6, 6.07) is 3.11. The van der Waals surface area contributed by atoms with Crippen LogP contribution in [0.3, 0.4) is 0 Å². The molecule has 0 unspecified atom stereocenters. The highest BCUT2D eigenvalue weighted by Gasteiger charge is 2.40. The number of carbonyl (C=O) groups excluding carboxylic acids is 2. The van der Waals surface area contributed by atoms with Gasteiger partial charge in [-0.15, -0.1) is 0 Å². The monoisotopic (exact) mass is 441 g/mol. The predicted molar refractivity (Wildman–Crippen MR) is 102 cm³/mol. The van der Waals surface area contributed by atoms with E-state index in [2.05, 4.69) is 17.2 Å². The van der Waals surface area contributed by atoms with Gasteiger partial charge < -0.3 is 19.9 Å². The SMILES string of the molecule is O=C1CO[C@H]2CCN(C(=O)N3CC(C#Cc4ccc(Cl)cc4C(F)(F)F)C3)C[C@H]2N1. The number of nitrogens with one attached hydrogen (secondary N) is 1. The second-order valence-electron chi connectivity index (χ2n) is 7.60. The Kier molecular flexibility index (Phi) is 5.55. The number of urea groups is 1. The predicted octanol–water partition coefficient (Wildman–Crippen LogP) is 2.35. The first-order valence-electron chi connectivity index (χ1n) is 9.54. The summed E-state index contributed by atoms with van der Waals surface area (Å²) in [6.07, 6.45) is -3.98. The highest BCUT2D eigenvalue weighted by atomic mass is 35.5. The normalized spacial score (nSPS) is 24.3. The van der Waals surface area contributed by atoms with Crippen LogP contribution < -0.4 is 5.32 Å². The number of carbonyl (C=O) groups is 2. The quantitative estimate of drug-likeness (QED) is 0.629. The molecule has 0 bridgehead atoms. The summed E-state index contributed by atoms with van der Waals surface area (Å²) in [5.41, 5.74) is -0.999. The van der Waals surface area contributed by atoms with Crippen LogP contribution in [0.5, 0.6) is 0 Å². The van der Waals surface area contributed by atoms with Crippen LogP contribution in [0.15, 0.2) is 18.2 Å². The minimum atomic E-state index is -4.54. The van der Waals surface area contributed by atoms with Gasteiger partial charge in [-0.1, -0.05) is 23.4 Å². The number of hydrogen-bond donors (Lipinski definition) is 1. The zero-order chi connectivity index (χ0) is 21.5. The van der Waals surface area contributed by atoms with Crippen molar-refractivity contribution in [2.24, 2.45) is 5.92 Å². The van der Waals surface area contributed by atoms with Gasteiger partial charge in [0.2, 0.25) is 5.91 Å². The van der Waals surface area contributed by atoms with E-state index in [1.807, 2.05) is 0 Å². The number of halogens is 4. The van der Waals surface area contributed by atoms with E-state index in [1.54, 1.807) is 9.80 Å². The molecule has 4 rings (SSSR count). The molecule has 1 N–H and O–H groups in total. The topological polar surface area (TPSA) is 61.9 Å². The Morgan fingerprint density at radius 3 is 2.73 bits per heavy atom. The Balaban J connectivity index is 1.34. The molecule has 2 atom stereocenters. The van der Waals surface area contributed by atoms with E-state index in [0.717, 1.165) is 6.07 Å². The molecule has 1 aromatic carbocycles. The standard InChI is InChI=1S/C20H19ClF3N3O3/c21-14-4-3-13(15(7-14)20(22,23)24)2-1-12-8-27(9-12)19(29)26-6-5-17-16(10-26)25-18(28)11-30-17/h3-4,7,12,16-17H,5-6,8-11H2,(H,25,28)/t16-,17+/m1/s1. The van der Waals surface area contributed by atoms with Gasteiger partial charge in [0.05, 0.1) is 23.6 Å². The summed E-state index contributed by atoms with van der Waals surface area (Å²) in [5.74, 6) is 5.03. The van der Waals surface area contributed by atoms with Crippen molar-refractivity contribution in [2.45, 2.75) is 24.7 Å². The number of piperidine rings is 1. The van der Waals surface area contributed by atoms with Crippen molar-refractivity contribution in [1.82, 2.24) is 15.1 Å². The number of benzene rings is 1. The maximum Gasteiger partial charge on any atom is 0.417 e. The van der Waals surface area contributed by atoms with Crippen LogP contribution >= 0.6 is 11.6 Å². The summed E-state index contributed by atoms with van der Waals surface area (Å²) >= 11 is 5.67. The van der Waals surface area contributed by atoms with Gasteiger partial charge in [0.15, 0.2) is 0 Å². The van der Waals surface area contributed by atoms with Crippen molar-refractivity contribution in [2.75, 3.05) is 32.8 Å². The van der Waals surface area contributed by atoms with Crippen molar-refractivity contribution in [3.8, 4) is 11.8 Å². The third-order valence-electron chi connectivity index (χ3n) is 5.44. The van der Waals surface area contributed by atoms with Crippen LogP contribution in [0, 0.1) is 17.8 Å². The number of fused-ring (bicyclic) bond motifs is 1. The summed E-state index contributed by atoms with van der Waals surface area (Å²) in [4.78, 5) is 27.4. The molecule has 0 aliphatic carbocycles. The van der Waals surface area contributed by atoms with E-state index >= 15 is 0 Å². The minimum absolute atomic E-state index is 0.00313. The Labute approximate surface area is 176 Å². The third kappa shape index (κ3) is 4.35. The number of ether oxygens (including phenoxy) is 1. The van der Waals surface area contributed by atoms with Crippen LogP contribution in [-0.4, -0.2) is 66.7 Å². The molecule has 3 aliphatic rings. The van der Waals surface area contributed by atoms with Gasteiger partial charge in [-0.25, -0.2) is 4.79 Å². The molecule has 3 saturated heterocycles. The van der Waals surface area contributed by atoms with Gasteiger partial charge in [-0.2, -0.15) is 13.2 Å². The van der Waals surface area contributed by atoms with Crippen LogP contribution in [0.25, 0.3) is 0 Å². The van der Waals surface area contributed by atoms with E-state index in [0.29, 0.717) is 32.6 Å². The maximum atomic E-state index is 13.1. The zero-order valence-corrected chi connectivity index (χ0v) is 16.6. The summed E-state index contributed by atoms with van der Waals surface area (Å²) in [7, 11) is 0. The number of morpholine rings is 1. The first-order chi connectivity index (χ1) is 14.2. The lowest BCUT2D eigenvalue weighted by Gasteiger charge is -2.45. The number of likely N-dealkylation sites (tertiary alicyclic amines) is 2. The van der Waals surface area contributed by atoms with E-state index in [-0.39, 0.29) is 47.2 Å².